The lowest BCUT2D eigenvalue weighted by atomic mass is 10.3. The maximum absolute atomic E-state index is 13.5. The third kappa shape index (κ3) is 2.28. The van der Waals surface area contributed by atoms with Gasteiger partial charge in [-0.15, -0.1) is 0 Å². The predicted molar refractivity (Wildman–Crippen MR) is 64.3 cm³/mol. The Labute approximate surface area is 107 Å². The van der Waals surface area contributed by atoms with E-state index in [0.717, 1.165) is 12.6 Å². The Morgan fingerprint density at radius 1 is 1.37 bits per heavy atom. The highest BCUT2D eigenvalue weighted by Crippen LogP contribution is 2.18. The lowest BCUT2D eigenvalue weighted by molar-refractivity contribution is -0.132. The second kappa shape index (κ2) is 4.58. The summed E-state index contributed by atoms with van der Waals surface area (Å²) in [6, 6.07) is 1.98. The number of aromatic amines is 1. The van der Waals surface area contributed by atoms with Gasteiger partial charge in [0, 0.05) is 19.2 Å². The van der Waals surface area contributed by atoms with Crippen molar-refractivity contribution in [3.8, 4) is 0 Å². The molecule has 7 heteroatoms. The Hall–Kier alpha value is -2.02. The van der Waals surface area contributed by atoms with Crippen LogP contribution in [0.2, 0.25) is 0 Å². The molecule has 0 bridgehead atoms. The number of H-pyrrole nitrogens is 1. The summed E-state index contributed by atoms with van der Waals surface area (Å²) in [7, 11) is 0. The van der Waals surface area contributed by atoms with Gasteiger partial charge in [0.15, 0.2) is 5.82 Å². The zero-order valence-electron chi connectivity index (χ0n) is 10.0. The Bertz CT molecular complexity index is 640. The van der Waals surface area contributed by atoms with E-state index in [1.807, 2.05) is 0 Å². The lowest BCUT2D eigenvalue weighted by Crippen LogP contribution is -2.47. The van der Waals surface area contributed by atoms with Gasteiger partial charge < -0.3 is 15.2 Å². The monoisotopic (exact) mass is 266 g/mol. The van der Waals surface area contributed by atoms with Crippen LogP contribution in [0.15, 0.2) is 12.1 Å². The number of hydrogen-bond donors (Lipinski definition) is 2. The Kier molecular flexibility index (Phi) is 2.90. The Morgan fingerprint density at radius 2 is 2.21 bits per heavy atom. The number of piperazine rings is 1. The number of carbonyl (C=O) groups is 1. The molecular formula is C12H12F2N4O. The summed E-state index contributed by atoms with van der Waals surface area (Å²) in [4.78, 5) is 20.2. The first-order valence-electron chi connectivity index (χ1n) is 5.95. The van der Waals surface area contributed by atoms with E-state index < -0.39 is 11.6 Å². The summed E-state index contributed by atoms with van der Waals surface area (Å²) in [6.07, 6.45) is 0. The Balaban J connectivity index is 1.89. The quantitative estimate of drug-likeness (QED) is 0.844. The van der Waals surface area contributed by atoms with E-state index >= 15 is 0 Å². The van der Waals surface area contributed by atoms with Crippen molar-refractivity contribution in [1.82, 2.24) is 20.2 Å². The van der Waals surface area contributed by atoms with E-state index in [4.69, 9.17) is 0 Å². The molecule has 19 heavy (non-hydrogen) atoms. The van der Waals surface area contributed by atoms with Gasteiger partial charge in [0.1, 0.15) is 17.2 Å². The first-order chi connectivity index (χ1) is 9.13. The van der Waals surface area contributed by atoms with Gasteiger partial charge in [-0.3, -0.25) is 4.79 Å². The van der Waals surface area contributed by atoms with Crippen molar-refractivity contribution in [2.75, 3.05) is 19.6 Å². The number of carbonyl (C=O) groups excluding carboxylic acids is 1. The summed E-state index contributed by atoms with van der Waals surface area (Å²) < 4.78 is 26.6. The van der Waals surface area contributed by atoms with Crippen molar-refractivity contribution in [3.05, 3.63) is 29.6 Å². The number of nitrogens with one attached hydrogen (secondary N) is 2. The van der Waals surface area contributed by atoms with Gasteiger partial charge >= 0.3 is 0 Å². The summed E-state index contributed by atoms with van der Waals surface area (Å²) in [5.41, 5.74) is 0.397. The number of hydrogen-bond acceptors (Lipinski definition) is 3. The summed E-state index contributed by atoms with van der Waals surface area (Å²) >= 11 is 0. The fourth-order valence-electron chi connectivity index (χ4n) is 2.16. The number of fused-ring (bicyclic) bond motifs is 1. The maximum Gasteiger partial charge on any atom is 0.236 e. The normalized spacial score (nSPS) is 16.3. The molecule has 0 atom stereocenters. The molecule has 1 amide bonds. The lowest BCUT2D eigenvalue weighted by Gasteiger charge is -2.26. The van der Waals surface area contributed by atoms with Crippen LogP contribution in [-0.2, 0) is 11.3 Å². The molecule has 0 unspecified atom stereocenters. The number of amides is 1. The topological polar surface area (TPSA) is 61.0 Å². The molecule has 0 radical (unpaired) electrons. The highest BCUT2D eigenvalue weighted by molar-refractivity contribution is 5.79. The van der Waals surface area contributed by atoms with Gasteiger partial charge in [0.2, 0.25) is 5.91 Å². The highest BCUT2D eigenvalue weighted by Gasteiger charge is 2.19. The van der Waals surface area contributed by atoms with Gasteiger partial charge in [0.05, 0.1) is 18.6 Å². The molecule has 0 spiro atoms. The van der Waals surface area contributed by atoms with Crippen LogP contribution in [0.25, 0.3) is 11.0 Å². The summed E-state index contributed by atoms with van der Waals surface area (Å²) in [5.74, 6) is -0.935. The molecule has 2 heterocycles. The van der Waals surface area contributed by atoms with E-state index in [1.54, 1.807) is 4.90 Å². The first kappa shape index (κ1) is 12.0. The van der Waals surface area contributed by atoms with Crippen molar-refractivity contribution in [3.63, 3.8) is 0 Å². The predicted octanol–water partition coefficient (Wildman–Crippen LogP) is 0.773. The zero-order valence-corrected chi connectivity index (χ0v) is 10.0. The van der Waals surface area contributed by atoms with Crippen LogP contribution in [0, 0.1) is 11.6 Å². The molecule has 5 nitrogen and oxygen atoms in total. The minimum absolute atomic E-state index is 0.0293. The van der Waals surface area contributed by atoms with Crippen LogP contribution < -0.4 is 5.32 Å². The molecule has 1 aromatic carbocycles. The van der Waals surface area contributed by atoms with E-state index in [2.05, 4.69) is 15.3 Å². The van der Waals surface area contributed by atoms with Crippen LogP contribution in [-0.4, -0.2) is 40.4 Å². The molecular weight excluding hydrogens is 254 g/mol. The van der Waals surface area contributed by atoms with Gasteiger partial charge in [-0.25, -0.2) is 13.8 Å². The first-order valence-corrected chi connectivity index (χ1v) is 5.95. The zero-order chi connectivity index (χ0) is 13.4. The number of benzene rings is 1. The molecule has 0 saturated carbocycles. The maximum atomic E-state index is 13.5. The van der Waals surface area contributed by atoms with Crippen molar-refractivity contribution in [2.45, 2.75) is 6.54 Å². The van der Waals surface area contributed by atoms with Crippen LogP contribution in [0.4, 0.5) is 8.78 Å². The Morgan fingerprint density at radius 3 is 3.00 bits per heavy atom. The molecule has 3 rings (SSSR count). The minimum Gasteiger partial charge on any atom is -0.340 e. The number of aromatic nitrogens is 2. The van der Waals surface area contributed by atoms with Crippen LogP contribution >= 0.6 is 0 Å². The second-order valence-corrected chi connectivity index (χ2v) is 4.46. The fraction of sp³-hybridized carbons (Fsp3) is 0.333. The average Bonchev–Trinajstić information content (AvgIpc) is 2.75. The van der Waals surface area contributed by atoms with Crippen molar-refractivity contribution in [2.24, 2.45) is 0 Å². The van der Waals surface area contributed by atoms with Gasteiger partial charge in [-0.1, -0.05) is 0 Å². The van der Waals surface area contributed by atoms with Crippen LogP contribution in [0.3, 0.4) is 0 Å². The van der Waals surface area contributed by atoms with E-state index in [9.17, 15) is 13.6 Å². The van der Waals surface area contributed by atoms with Crippen molar-refractivity contribution < 1.29 is 13.6 Å². The summed E-state index contributed by atoms with van der Waals surface area (Å²) in [6.45, 7) is 1.86. The smallest absolute Gasteiger partial charge is 0.236 e. The van der Waals surface area contributed by atoms with Gasteiger partial charge in [-0.05, 0) is 6.07 Å². The van der Waals surface area contributed by atoms with E-state index in [0.29, 0.717) is 24.4 Å². The molecule has 1 aliphatic heterocycles. The van der Waals surface area contributed by atoms with E-state index in [1.165, 1.54) is 6.07 Å². The third-order valence-electron chi connectivity index (χ3n) is 3.08. The van der Waals surface area contributed by atoms with Crippen molar-refractivity contribution in [1.29, 1.82) is 0 Å². The average molecular weight is 266 g/mol. The van der Waals surface area contributed by atoms with Crippen LogP contribution in [0.5, 0.6) is 0 Å². The molecule has 1 fully saturated rings. The van der Waals surface area contributed by atoms with Gasteiger partial charge in [0.25, 0.3) is 0 Å². The largest absolute Gasteiger partial charge is 0.340 e. The van der Waals surface area contributed by atoms with E-state index in [-0.39, 0.29) is 18.0 Å². The SMILES string of the molecule is O=C1CNCCN1Cc1nc2c(F)cc(F)cc2[nH]1. The second-order valence-electron chi connectivity index (χ2n) is 4.46. The number of halogens is 2. The minimum atomic E-state index is -0.705. The van der Waals surface area contributed by atoms with Crippen LogP contribution in [0.1, 0.15) is 5.82 Å². The third-order valence-corrected chi connectivity index (χ3v) is 3.08. The molecule has 1 aromatic heterocycles. The standard InChI is InChI=1S/C12H12F2N4O/c13-7-3-8(14)12-9(4-7)16-10(17-12)6-18-2-1-15-5-11(18)19/h3-4,15H,1-2,5-6H2,(H,16,17). The van der Waals surface area contributed by atoms with Crippen molar-refractivity contribution >= 4 is 16.9 Å². The molecule has 2 aromatic rings. The molecule has 100 valence electrons. The fourth-order valence-corrected chi connectivity index (χ4v) is 2.16. The molecule has 0 aliphatic carbocycles. The number of imidazole rings is 1. The number of nitrogens with zero attached hydrogens (tertiary/aromatic N) is 2. The number of rotatable bonds is 2. The van der Waals surface area contributed by atoms with Gasteiger partial charge in [-0.2, -0.15) is 0 Å². The summed E-state index contributed by atoms with van der Waals surface area (Å²) in [5, 5.41) is 2.96. The highest BCUT2D eigenvalue weighted by atomic mass is 19.1. The molecule has 1 saturated heterocycles. The molecule has 1 aliphatic rings. The molecule has 2 N–H and O–H groups in total.